The number of aromatic nitrogens is 1. The highest BCUT2D eigenvalue weighted by atomic mass is 16.2. The smallest absolute Gasteiger partial charge is 0.319 e. The molecule has 2 amide bonds. The molecule has 1 aromatic carbocycles. The lowest BCUT2D eigenvalue weighted by Gasteiger charge is -2.19. The number of amides is 2. The van der Waals surface area contributed by atoms with E-state index in [9.17, 15) is 9.59 Å². The molecule has 2 N–H and O–H groups in total. The molecule has 2 heterocycles. The molecule has 6 heteroatoms. The zero-order chi connectivity index (χ0) is 20.6. The molecule has 158 valence electrons. The summed E-state index contributed by atoms with van der Waals surface area (Å²) >= 11 is 0. The van der Waals surface area contributed by atoms with Crippen molar-refractivity contribution in [2.45, 2.75) is 52.5 Å². The highest BCUT2D eigenvalue weighted by molar-refractivity contribution is 6.00. The lowest BCUT2D eigenvalue weighted by molar-refractivity contribution is 0.249. The number of pyridine rings is 1. The van der Waals surface area contributed by atoms with Crippen LogP contribution in [0.5, 0.6) is 0 Å². The van der Waals surface area contributed by atoms with Gasteiger partial charge in [-0.2, -0.15) is 0 Å². The molecule has 2 aromatic rings. The summed E-state index contributed by atoms with van der Waals surface area (Å²) in [4.78, 5) is 27.7. The zero-order valence-corrected chi connectivity index (χ0v) is 17.7. The lowest BCUT2D eigenvalue weighted by atomic mass is 10.1. The van der Waals surface area contributed by atoms with Gasteiger partial charge in [0.05, 0.1) is 5.69 Å². The lowest BCUT2D eigenvalue weighted by Crippen LogP contribution is -2.33. The van der Waals surface area contributed by atoms with Crippen LogP contribution in [0.1, 0.15) is 46.0 Å². The summed E-state index contributed by atoms with van der Waals surface area (Å²) in [7, 11) is 0. The number of anilines is 1. The van der Waals surface area contributed by atoms with Crippen molar-refractivity contribution in [3.05, 3.63) is 40.8 Å². The van der Waals surface area contributed by atoms with Crippen molar-refractivity contribution in [3.63, 3.8) is 0 Å². The number of nitrogens with one attached hydrogen (secondary N) is 2. The van der Waals surface area contributed by atoms with Crippen LogP contribution in [0.3, 0.4) is 0 Å². The van der Waals surface area contributed by atoms with Gasteiger partial charge in [-0.25, -0.2) is 4.79 Å². The van der Waals surface area contributed by atoms with Crippen LogP contribution in [0.25, 0.3) is 10.8 Å². The summed E-state index contributed by atoms with van der Waals surface area (Å²) in [6.07, 6.45) is 7.96. The fourth-order valence-corrected chi connectivity index (χ4v) is 4.00. The van der Waals surface area contributed by atoms with Gasteiger partial charge >= 0.3 is 6.03 Å². The standard InChI is InChI=1S/C23H34N4O2/c1-18(2)16-27-17-21(19-10-5-6-11-20(19)22(27)28)25-23(29)24-12-9-15-26-13-7-3-4-8-14-26/h5-6,10-11,17-18H,3-4,7-9,12-16H2,1-2H3,(H2,24,25,29). The van der Waals surface area contributed by atoms with E-state index in [2.05, 4.69) is 29.4 Å². The number of urea groups is 1. The number of benzene rings is 1. The maximum Gasteiger partial charge on any atom is 0.319 e. The monoisotopic (exact) mass is 398 g/mol. The SMILES string of the molecule is CC(C)Cn1cc(NC(=O)NCCCN2CCCCCC2)c2ccccc2c1=O. The van der Waals surface area contributed by atoms with E-state index < -0.39 is 0 Å². The number of hydrogen-bond donors (Lipinski definition) is 2. The van der Waals surface area contributed by atoms with Crippen LogP contribution in [0.2, 0.25) is 0 Å². The first kappa shape index (κ1) is 21.4. The third kappa shape index (κ3) is 6.07. The van der Waals surface area contributed by atoms with Crippen molar-refractivity contribution >= 4 is 22.5 Å². The molecule has 0 bridgehead atoms. The molecule has 3 rings (SSSR count). The van der Waals surface area contributed by atoms with Crippen LogP contribution in [0, 0.1) is 5.92 Å². The Kier molecular flexibility index (Phi) is 7.69. The summed E-state index contributed by atoms with van der Waals surface area (Å²) in [6, 6.07) is 7.22. The van der Waals surface area contributed by atoms with Gasteiger partial charge in [-0.3, -0.25) is 4.79 Å². The highest BCUT2D eigenvalue weighted by Crippen LogP contribution is 2.20. The van der Waals surface area contributed by atoms with E-state index >= 15 is 0 Å². The van der Waals surface area contributed by atoms with Crippen molar-refractivity contribution in [3.8, 4) is 0 Å². The van der Waals surface area contributed by atoms with Crippen LogP contribution < -0.4 is 16.2 Å². The Hall–Kier alpha value is -2.34. The van der Waals surface area contributed by atoms with E-state index in [-0.39, 0.29) is 11.6 Å². The van der Waals surface area contributed by atoms with E-state index in [0.717, 1.165) is 18.4 Å². The second-order valence-electron chi connectivity index (χ2n) is 8.43. The van der Waals surface area contributed by atoms with Crippen LogP contribution in [-0.2, 0) is 6.54 Å². The Morgan fingerprint density at radius 3 is 2.45 bits per heavy atom. The highest BCUT2D eigenvalue weighted by Gasteiger charge is 2.12. The summed E-state index contributed by atoms with van der Waals surface area (Å²) < 4.78 is 1.70. The molecule has 0 saturated carbocycles. The maximum absolute atomic E-state index is 12.7. The average molecular weight is 399 g/mol. The molecule has 1 saturated heterocycles. The molecule has 0 aliphatic carbocycles. The summed E-state index contributed by atoms with van der Waals surface area (Å²) in [5, 5.41) is 7.32. The second kappa shape index (κ2) is 10.4. The van der Waals surface area contributed by atoms with Crippen molar-refractivity contribution in [2.24, 2.45) is 5.92 Å². The number of fused-ring (bicyclic) bond motifs is 1. The van der Waals surface area contributed by atoms with Gasteiger partial charge in [0, 0.05) is 30.1 Å². The first-order valence-electron chi connectivity index (χ1n) is 10.9. The van der Waals surface area contributed by atoms with E-state index in [1.165, 1.54) is 38.8 Å². The summed E-state index contributed by atoms with van der Waals surface area (Å²) in [6.45, 7) is 8.80. The predicted octanol–water partition coefficient (Wildman–Crippen LogP) is 4.05. The first-order chi connectivity index (χ1) is 14.0. The Morgan fingerprint density at radius 1 is 1.07 bits per heavy atom. The number of nitrogens with zero attached hydrogens (tertiary/aromatic N) is 2. The van der Waals surface area contributed by atoms with Gasteiger partial charge in [0.2, 0.25) is 0 Å². The minimum Gasteiger partial charge on any atom is -0.338 e. The number of rotatable bonds is 7. The van der Waals surface area contributed by atoms with Gasteiger partial charge in [0.25, 0.3) is 5.56 Å². The zero-order valence-electron chi connectivity index (χ0n) is 17.7. The second-order valence-corrected chi connectivity index (χ2v) is 8.43. The van der Waals surface area contributed by atoms with Gasteiger partial charge in [0.15, 0.2) is 0 Å². The summed E-state index contributed by atoms with van der Waals surface area (Å²) in [5.41, 5.74) is 0.656. The first-order valence-corrected chi connectivity index (χ1v) is 10.9. The van der Waals surface area contributed by atoms with Gasteiger partial charge in [-0.05, 0) is 50.9 Å². The normalized spacial score (nSPS) is 15.4. The molecular weight excluding hydrogens is 364 g/mol. The number of hydrogen-bond acceptors (Lipinski definition) is 3. The molecule has 1 fully saturated rings. The van der Waals surface area contributed by atoms with E-state index in [1.807, 2.05) is 24.3 Å². The Labute approximate surface area is 173 Å². The van der Waals surface area contributed by atoms with E-state index in [1.54, 1.807) is 10.8 Å². The largest absolute Gasteiger partial charge is 0.338 e. The number of carbonyl (C=O) groups is 1. The Bertz CT molecular complexity index is 867. The number of likely N-dealkylation sites (tertiary alicyclic amines) is 1. The molecule has 1 aromatic heterocycles. The molecule has 1 aliphatic heterocycles. The van der Waals surface area contributed by atoms with Crippen molar-refractivity contribution in [1.82, 2.24) is 14.8 Å². The number of carbonyl (C=O) groups excluding carboxylic acids is 1. The van der Waals surface area contributed by atoms with Gasteiger partial charge in [-0.1, -0.05) is 44.9 Å². The maximum atomic E-state index is 12.7. The van der Waals surface area contributed by atoms with Crippen LogP contribution in [0.4, 0.5) is 10.5 Å². The topological polar surface area (TPSA) is 66.4 Å². The van der Waals surface area contributed by atoms with Gasteiger partial charge < -0.3 is 20.1 Å². The molecule has 0 spiro atoms. The third-order valence-electron chi connectivity index (χ3n) is 5.44. The van der Waals surface area contributed by atoms with Crippen LogP contribution in [0.15, 0.2) is 35.3 Å². The predicted molar refractivity (Wildman–Crippen MR) is 120 cm³/mol. The van der Waals surface area contributed by atoms with Crippen molar-refractivity contribution in [1.29, 1.82) is 0 Å². The molecule has 0 unspecified atom stereocenters. The molecule has 6 nitrogen and oxygen atoms in total. The molecule has 29 heavy (non-hydrogen) atoms. The molecule has 0 atom stereocenters. The third-order valence-corrected chi connectivity index (χ3v) is 5.44. The Morgan fingerprint density at radius 2 is 1.76 bits per heavy atom. The molecule has 0 radical (unpaired) electrons. The quantitative estimate of drug-likeness (QED) is 0.692. The average Bonchev–Trinajstić information content (AvgIpc) is 2.97. The molecular formula is C23H34N4O2. The molecule has 1 aliphatic rings. The minimum absolute atomic E-state index is 0.0160. The fourth-order valence-electron chi connectivity index (χ4n) is 4.00. The van der Waals surface area contributed by atoms with Crippen LogP contribution >= 0.6 is 0 Å². The Balaban J connectivity index is 1.60. The van der Waals surface area contributed by atoms with E-state index in [4.69, 9.17) is 0 Å². The minimum atomic E-state index is -0.222. The summed E-state index contributed by atoms with van der Waals surface area (Å²) in [5.74, 6) is 0.342. The van der Waals surface area contributed by atoms with Crippen LogP contribution in [-0.4, -0.2) is 41.7 Å². The van der Waals surface area contributed by atoms with Gasteiger partial charge in [0.1, 0.15) is 0 Å². The van der Waals surface area contributed by atoms with Crippen molar-refractivity contribution in [2.75, 3.05) is 31.5 Å². The van der Waals surface area contributed by atoms with E-state index in [0.29, 0.717) is 30.1 Å². The van der Waals surface area contributed by atoms with Gasteiger partial charge in [-0.15, -0.1) is 0 Å². The fraction of sp³-hybridized carbons (Fsp3) is 0.565. The van der Waals surface area contributed by atoms with Crippen molar-refractivity contribution < 1.29 is 4.79 Å².